The highest BCUT2D eigenvalue weighted by molar-refractivity contribution is 6.11. The van der Waals surface area contributed by atoms with E-state index in [1.54, 1.807) is 24.2 Å². The number of carbonyl (C=O) groups is 1. The fraction of sp³-hybridized carbons (Fsp3) is 0.118. The fourth-order valence-corrected chi connectivity index (χ4v) is 3.01. The highest BCUT2D eigenvalue weighted by Gasteiger charge is 2.34. The van der Waals surface area contributed by atoms with Gasteiger partial charge in [0.25, 0.3) is 5.91 Å². The number of amides is 1. The summed E-state index contributed by atoms with van der Waals surface area (Å²) in [6.45, 7) is 0. The minimum absolute atomic E-state index is 0.0599. The molecule has 0 spiro atoms. The first-order chi connectivity index (χ1) is 10.6. The van der Waals surface area contributed by atoms with Gasteiger partial charge in [0, 0.05) is 30.9 Å². The number of carbonyl (C=O) groups excluding carboxylic acids is 1. The van der Waals surface area contributed by atoms with Crippen LogP contribution in [0.3, 0.4) is 0 Å². The maximum Gasteiger partial charge on any atom is 0.260 e. The average Bonchev–Trinajstić information content (AvgIpc) is 2.94. The summed E-state index contributed by atoms with van der Waals surface area (Å²) in [7, 11) is 1.71. The minimum Gasteiger partial charge on any atom is -0.363 e. The predicted octanol–water partition coefficient (Wildman–Crippen LogP) is 3.36. The van der Waals surface area contributed by atoms with Crippen molar-refractivity contribution in [2.45, 2.75) is 6.42 Å². The zero-order chi connectivity index (χ0) is 15.4. The molecular weight excluding hydrogens is 286 g/mol. The molecule has 0 atom stereocenters. The molecule has 0 radical (unpaired) electrons. The second kappa shape index (κ2) is 4.40. The Kier molecular flexibility index (Phi) is 2.60. The second-order valence-electron chi connectivity index (χ2n) is 5.44. The molecule has 0 unspecified atom stereocenters. The number of nitrogens with one attached hydrogen (secondary N) is 1. The van der Waals surface area contributed by atoms with E-state index in [1.807, 2.05) is 12.2 Å². The molecule has 3 nitrogen and oxygen atoms in total. The van der Waals surface area contributed by atoms with Crippen molar-refractivity contribution in [2.75, 3.05) is 7.05 Å². The van der Waals surface area contributed by atoms with Crippen LogP contribution in [0, 0.1) is 11.6 Å². The van der Waals surface area contributed by atoms with Crippen molar-refractivity contribution in [3.63, 3.8) is 0 Å². The second-order valence-corrected chi connectivity index (χ2v) is 5.44. The lowest BCUT2D eigenvalue weighted by Crippen LogP contribution is -2.17. The van der Waals surface area contributed by atoms with Crippen molar-refractivity contribution in [2.24, 2.45) is 0 Å². The van der Waals surface area contributed by atoms with E-state index in [2.05, 4.69) is 4.98 Å². The van der Waals surface area contributed by atoms with Crippen LogP contribution in [0.4, 0.5) is 8.78 Å². The lowest BCUT2D eigenvalue weighted by molar-refractivity contribution is 0.0874. The first kappa shape index (κ1) is 13.0. The van der Waals surface area contributed by atoms with Gasteiger partial charge in [-0.3, -0.25) is 4.79 Å². The number of aromatic nitrogens is 1. The predicted molar refractivity (Wildman–Crippen MR) is 78.9 cm³/mol. The van der Waals surface area contributed by atoms with E-state index in [9.17, 15) is 13.6 Å². The van der Waals surface area contributed by atoms with Gasteiger partial charge in [-0.2, -0.15) is 0 Å². The van der Waals surface area contributed by atoms with Gasteiger partial charge in [-0.15, -0.1) is 0 Å². The SMILES string of the molecule is CN1C(=O)c2c[nH]c3c2C1=CC(c1ccc(F)c(F)c1)=CC3. The third-order valence-electron chi connectivity index (χ3n) is 4.19. The van der Waals surface area contributed by atoms with Crippen LogP contribution in [-0.2, 0) is 6.42 Å². The van der Waals surface area contributed by atoms with Crippen molar-refractivity contribution in [1.82, 2.24) is 9.88 Å². The van der Waals surface area contributed by atoms with Crippen LogP contribution in [0.25, 0.3) is 11.3 Å². The summed E-state index contributed by atoms with van der Waals surface area (Å²) in [5.74, 6) is -1.81. The normalized spacial score (nSPS) is 16.3. The Labute approximate surface area is 125 Å². The number of hydrogen-bond donors (Lipinski definition) is 1. The van der Waals surface area contributed by atoms with Gasteiger partial charge in [0.15, 0.2) is 11.6 Å². The van der Waals surface area contributed by atoms with Gasteiger partial charge in [0.1, 0.15) is 0 Å². The summed E-state index contributed by atoms with van der Waals surface area (Å²) in [6.07, 6.45) is 6.12. The van der Waals surface area contributed by atoms with E-state index < -0.39 is 11.6 Å². The summed E-state index contributed by atoms with van der Waals surface area (Å²) in [5.41, 5.74) is 4.66. The van der Waals surface area contributed by atoms with Crippen molar-refractivity contribution in [3.05, 3.63) is 70.6 Å². The van der Waals surface area contributed by atoms with Crippen molar-refractivity contribution in [1.29, 1.82) is 0 Å². The maximum absolute atomic E-state index is 13.5. The molecule has 0 bridgehead atoms. The van der Waals surface area contributed by atoms with Crippen molar-refractivity contribution in [3.8, 4) is 0 Å². The molecule has 4 rings (SSSR count). The van der Waals surface area contributed by atoms with Gasteiger partial charge in [-0.05, 0) is 29.3 Å². The maximum atomic E-state index is 13.5. The molecule has 0 saturated heterocycles. The number of rotatable bonds is 1. The molecule has 1 amide bonds. The average molecular weight is 298 g/mol. The number of nitrogens with zero attached hydrogens (tertiary/aromatic N) is 1. The van der Waals surface area contributed by atoms with Gasteiger partial charge in [0.2, 0.25) is 0 Å². The van der Waals surface area contributed by atoms with Crippen LogP contribution in [0.15, 0.2) is 36.5 Å². The summed E-state index contributed by atoms with van der Waals surface area (Å²) in [4.78, 5) is 16.9. The van der Waals surface area contributed by atoms with E-state index in [4.69, 9.17) is 0 Å². The molecule has 110 valence electrons. The minimum atomic E-state index is -0.879. The molecule has 22 heavy (non-hydrogen) atoms. The largest absolute Gasteiger partial charge is 0.363 e. The Balaban J connectivity index is 1.87. The quantitative estimate of drug-likeness (QED) is 0.861. The van der Waals surface area contributed by atoms with Crippen molar-refractivity contribution < 1.29 is 13.6 Å². The Bertz CT molecular complexity index is 877. The lowest BCUT2D eigenvalue weighted by Gasteiger charge is -2.12. The van der Waals surface area contributed by atoms with E-state index in [1.165, 1.54) is 6.07 Å². The molecule has 1 aromatic heterocycles. The number of aromatic amines is 1. The number of benzene rings is 1. The van der Waals surface area contributed by atoms with Gasteiger partial charge in [-0.25, -0.2) is 8.78 Å². The number of hydrogen-bond acceptors (Lipinski definition) is 1. The Hall–Kier alpha value is -2.69. The van der Waals surface area contributed by atoms with E-state index >= 15 is 0 Å². The molecule has 1 aromatic carbocycles. The molecule has 2 aliphatic rings. The van der Waals surface area contributed by atoms with E-state index in [0.717, 1.165) is 28.6 Å². The molecule has 0 fully saturated rings. The van der Waals surface area contributed by atoms with Crippen LogP contribution in [-0.4, -0.2) is 22.8 Å². The topological polar surface area (TPSA) is 36.1 Å². The monoisotopic (exact) mass is 298 g/mol. The molecule has 1 N–H and O–H groups in total. The van der Waals surface area contributed by atoms with Crippen LogP contribution < -0.4 is 0 Å². The highest BCUT2D eigenvalue weighted by atomic mass is 19.2. The molecule has 2 heterocycles. The Morgan fingerprint density at radius 1 is 1.23 bits per heavy atom. The van der Waals surface area contributed by atoms with Crippen LogP contribution in [0.1, 0.15) is 27.2 Å². The summed E-state index contributed by atoms with van der Waals surface area (Å²) in [6, 6.07) is 3.83. The third-order valence-corrected chi connectivity index (χ3v) is 4.19. The Morgan fingerprint density at radius 3 is 2.82 bits per heavy atom. The molecule has 1 aliphatic heterocycles. The summed E-state index contributed by atoms with van der Waals surface area (Å²) < 4.78 is 26.6. The lowest BCUT2D eigenvalue weighted by atomic mass is 10.0. The van der Waals surface area contributed by atoms with E-state index in [-0.39, 0.29) is 5.91 Å². The molecule has 2 aromatic rings. The van der Waals surface area contributed by atoms with Gasteiger partial charge in [-0.1, -0.05) is 12.1 Å². The smallest absolute Gasteiger partial charge is 0.260 e. The standard InChI is InChI=1S/C17H12F2N2O/c1-21-15-7-10(9-2-4-12(18)13(19)6-9)3-5-14-16(15)11(8-20-14)17(21)22/h2-4,6-8,20H,5H2,1H3. The van der Waals surface area contributed by atoms with E-state index in [0.29, 0.717) is 17.5 Å². The molecule has 0 saturated carbocycles. The van der Waals surface area contributed by atoms with Crippen molar-refractivity contribution >= 4 is 17.2 Å². The number of halogens is 2. The zero-order valence-electron chi connectivity index (χ0n) is 11.8. The first-order valence-electron chi connectivity index (χ1n) is 6.92. The number of allylic oxidation sites excluding steroid dienone is 3. The third kappa shape index (κ3) is 1.68. The Morgan fingerprint density at radius 2 is 2.05 bits per heavy atom. The van der Waals surface area contributed by atoms with Crippen LogP contribution in [0.5, 0.6) is 0 Å². The first-order valence-corrected chi connectivity index (χ1v) is 6.92. The zero-order valence-corrected chi connectivity index (χ0v) is 11.8. The molecular formula is C17H12F2N2O. The summed E-state index contributed by atoms with van der Waals surface area (Å²) in [5, 5.41) is 0. The van der Waals surface area contributed by atoms with Gasteiger partial charge < -0.3 is 9.88 Å². The number of H-pyrrole nitrogens is 1. The van der Waals surface area contributed by atoms with Crippen LogP contribution >= 0.6 is 0 Å². The molecule has 5 heteroatoms. The van der Waals surface area contributed by atoms with Crippen LogP contribution in [0.2, 0.25) is 0 Å². The van der Waals surface area contributed by atoms with Gasteiger partial charge in [0.05, 0.1) is 11.3 Å². The molecule has 1 aliphatic carbocycles. The van der Waals surface area contributed by atoms with Gasteiger partial charge >= 0.3 is 0 Å². The summed E-state index contributed by atoms with van der Waals surface area (Å²) >= 11 is 0. The fourth-order valence-electron chi connectivity index (χ4n) is 3.01. The highest BCUT2D eigenvalue weighted by Crippen LogP contribution is 2.38.